The molecule has 0 radical (unpaired) electrons. The standard InChI is InChI=1S/C52H36N2O/c1-5-15-37(16-6-1)38-25-27-39(28-26-38)40-29-31-46(32-30-40)54(45-23-11-4-12-24-45)49-35-47(53(43-19-7-2-8-20-43)44-21-9-3-10-22-44)36-51-52(49)48-33-41-17-13-14-18-42(41)34-50(48)55-51/h1-36H. The topological polar surface area (TPSA) is 19.6 Å². The third kappa shape index (κ3) is 6.08. The van der Waals surface area contributed by atoms with Gasteiger partial charge in [0.2, 0.25) is 0 Å². The van der Waals surface area contributed by atoms with Crippen molar-refractivity contribution in [2.45, 2.75) is 0 Å². The first-order chi connectivity index (χ1) is 27.3. The van der Waals surface area contributed by atoms with Crippen LogP contribution in [0.4, 0.5) is 34.1 Å². The van der Waals surface area contributed by atoms with E-state index in [0.29, 0.717) is 0 Å². The van der Waals surface area contributed by atoms with Crippen molar-refractivity contribution >= 4 is 66.8 Å². The van der Waals surface area contributed by atoms with Crippen LogP contribution >= 0.6 is 0 Å². The third-order valence-corrected chi connectivity index (χ3v) is 10.4. The molecule has 0 N–H and O–H groups in total. The van der Waals surface area contributed by atoms with Gasteiger partial charge < -0.3 is 14.2 Å². The summed E-state index contributed by atoms with van der Waals surface area (Å²) in [7, 11) is 0. The Morgan fingerprint density at radius 1 is 0.291 bits per heavy atom. The number of benzene rings is 9. The molecule has 0 aliphatic rings. The molecule has 1 heterocycles. The summed E-state index contributed by atoms with van der Waals surface area (Å²) in [5.41, 5.74) is 12.7. The highest BCUT2D eigenvalue weighted by Gasteiger charge is 2.24. The average molecular weight is 705 g/mol. The summed E-state index contributed by atoms with van der Waals surface area (Å²) in [6.07, 6.45) is 0. The van der Waals surface area contributed by atoms with Gasteiger partial charge in [-0.25, -0.2) is 0 Å². The molecule has 0 atom stereocenters. The number of nitrogens with zero attached hydrogens (tertiary/aromatic N) is 2. The molecule has 10 aromatic rings. The smallest absolute Gasteiger partial charge is 0.139 e. The highest BCUT2D eigenvalue weighted by Crippen LogP contribution is 2.48. The molecule has 0 unspecified atom stereocenters. The lowest BCUT2D eigenvalue weighted by Gasteiger charge is -2.30. The van der Waals surface area contributed by atoms with Crippen LogP contribution in [0, 0.1) is 0 Å². The molecule has 10 rings (SSSR count). The highest BCUT2D eigenvalue weighted by atomic mass is 16.3. The lowest BCUT2D eigenvalue weighted by molar-refractivity contribution is 0.669. The van der Waals surface area contributed by atoms with E-state index in [1.54, 1.807) is 0 Å². The number of fused-ring (bicyclic) bond motifs is 4. The molecule has 260 valence electrons. The Kier molecular flexibility index (Phi) is 8.16. The molecule has 0 fully saturated rings. The Balaban J connectivity index is 1.18. The summed E-state index contributed by atoms with van der Waals surface area (Å²) < 4.78 is 6.85. The summed E-state index contributed by atoms with van der Waals surface area (Å²) in [6.45, 7) is 0. The maximum absolute atomic E-state index is 6.85. The fourth-order valence-electron chi connectivity index (χ4n) is 7.76. The van der Waals surface area contributed by atoms with E-state index in [0.717, 1.165) is 67.0 Å². The molecule has 9 aromatic carbocycles. The minimum absolute atomic E-state index is 0.825. The van der Waals surface area contributed by atoms with Crippen molar-refractivity contribution in [3.8, 4) is 22.3 Å². The SMILES string of the molecule is c1ccc(-c2ccc(-c3ccc(N(c4ccccc4)c4cc(N(c5ccccc5)c5ccccc5)cc5oc6cc7ccccc7cc6c45)cc3)cc2)cc1. The number of para-hydroxylation sites is 3. The molecule has 0 amide bonds. The van der Waals surface area contributed by atoms with Gasteiger partial charge in [0.1, 0.15) is 11.2 Å². The van der Waals surface area contributed by atoms with Crippen LogP contribution in [-0.4, -0.2) is 0 Å². The van der Waals surface area contributed by atoms with Crippen LogP contribution in [0.25, 0.3) is 55.0 Å². The number of hydrogen-bond donors (Lipinski definition) is 0. The van der Waals surface area contributed by atoms with Gasteiger partial charge in [-0.2, -0.15) is 0 Å². The normalized spacial score (nSPS) is 11.3. The van der Waals surface area contributed by atoms with Gasteiger partial charge in [-0.05, 0) is 99.8 Å². The van der Waals surface area contributed by atoms with E-state index in [2.05, 4.69) is 228 Å². The molecule has 55 heavy (non-hydrogen) atoms. The van der Waals surface area contributed by atoms with Gasteiger partial charge in [-0.3, -0.25) is 0 Å². The fourth-order valence-corrected chi connectivity index (χ4v) is 7.76. The molecule has 3 heteroatoms. The van der Waals surface area contributed by atoms with Gasteiger partial charge in [0.25, 0.3) is 0 Å². The van der Waals surface area contributed by atoms with Crippen LogP contribution in [0.1, 0.15) is 0 Å². The van der Waals surface area contributed by atoms with Crippen molar-refractivity contribution < 1.29 is 4.42 Å². The van der Waals surface area contributed by atoms with Gasteiger partial charge in [0.15, 0.2) is 0 Å². The predicted molar refractivity (Wildman–Crippen MR) is 231 cm³/mol. The molecule has 0 saturated heterocycles. The van der Waals surface area contributed by atoms with E-state index in [4.69, 9.17) is 4.42 Å². The van der Waals surface area contributed by atoms with E-state index < -0.39 is 0 Å². The van der Waals surface area contributed by atoms with Gasteiger partial charge in [-0.1, -0.05) is 146 Å². The van der Waals surface area contributed by atoms with Gasteiger partial charge in [0, 0.05) is 34.2 Å². The number of rotatable bonds is 8. The van der Waals surface area contributed by atoms with Crippen molar-refractivity contribution in [2.24, 2.45) is 0 Å². The molecule has 0 aliphatic carbocycles. The lowest BCUT2D eigenvalue weighted by atomic mass is 10.00. The van der Waals surface area contributed by atoms with E-state index in [1.165, 1.54) is 22.1 Å². The first-order valence-corrected chi connectivity index (χ1v) is 18.7. The Bertz CT molecular complexity index is 2850. The highest BCUT2D eigenvalue weighted by molar-refractivity contribution is 6.17. The van der Waals surface area contributed by atoms with Crippen molar-refractivity contribution in [1.82, 2.24) is 0 Å². The molecule has 1 aromatic heterocycles. The Hall–Kier alpha value is -7.36. The summed E-state index contributed by atoms with van der Waals surface area (Å²) in [5, 5.41) is 4.47. The summed E-state index contributed by atoms with van der Waals surface area (Å²) in [4.78, 5) is 4.67. The van der Waals surface area contributed by atoms with E-state index in [1.807, 2.05) is 0 Å². The average Bonchev–Trinajstić information content (AvgIpc) is 3.62. The molecule has 3 nitrogen and oxygen atoms in total. The first kappa shape index (κ1) is 32.3. The monoisotopic (exact) mass is 704 g/mol. The Labute approximate surface area is 320 Å². The van der Waals surface area contributed by atoms with Crippen molar-refractivity contribution in [3.05, 3.63) is 218 Å². The minimum atomic E-state index is 0.825. The zero-order valence-corrected chi connectivity index (χ0v) is 30.1. The van der Waals surface area contributed by atoms with Crippen molar-refractivity contribution in [2.75, 3.05) is 9.80 Å². The summed E-state index contributed by atoms with van der Waals surface area (Å²) >= 11 is 0. The molecule has 0 spiro atoms. The predicted octanol–water partition coefficient (Wildman–Crippen LogP) is 15.0. The maximum atomic E-state index is 6.85. The van der Waals surface area contributed by atoms with Crippen LogP contribution in [0.5, 0.6) is 0 Å². The first-order valence-electron chi connectivity index (χ1n) is 18.7. The quantitative estimate of drug-likeness (QED) is 0.157. The zero-order valence-electron chi connectivity index (χ0n) is 30.1. The minimum Gasteiger partial charge on any atom is -0.456 e. The van der Waals surface area contributed by atoms with Crippen LogP contribution < -0.4 is 9.80 Å². The van der Waals surface area contributed by atoms with Crippen LogP contribution in [0.3, 0.4) is 0 Å². The van der Waals surface area contributed by atoms with Gasteiger partial charge in [-0.15, -0.1) is 0 Å². The Morgan fingerprint density at radius 3 is 1.25 bits per heavy atom. The molecule has 0 aliphatic heterocycles. The molecule has 0 bridgehead atoms. The maximum Gasteiger partial charge on any atom is 0.139 e. The van der Waals surface area contributed by atoms with Gasteiger partial charge >= 0.3 is 0 Å². The third-order valence-electron chi connectivity index (χ3n) is 10.4. The van der Waals surface area contributed by atoms with Gasteiger partial charge in [0.05, 0.1) is 16.8 Å². The second-order valence-corrected chi connectivity index (χ2v) is 13.8. The molecule has 0 saturated carbocycles. The second kappa shape index (κ2) is 13.9. The number of anilines is 6. The van der Waals surface area contributed by atoms with Crippen LogP contribution in [0.2, 0.25) is 0 Å². The summed E-state index contributed by atoms with van der Waals surface area (Å²) in [6, 6.07) is 77.5. The van der Waals surface area contributed by atoms with E-state index in [9.17, 15) is 0 Å². The zero-order chi connectivity index (χ0) is 36.6. The Morgan fingerprint density at radius 2 is 0.709 bits per heavy atom. The van der Waals surface area contributed by atoms with Crippen LogP contribution in [-0.2, 0) is 0 Å². The van der Waals surface area contributed by atoms with Crippen LogP contribution in [0.15, 0.2) is 223 Å². The lowest BCUT2D eigenvalue weighted by Crippen LogP contribution is -2.13. The largest absolute Gasteiger partial charge is 0.456 e. The van der Waals surface area contributed by atoms with Crippen molar-refractivity contribution in [1.29, 1.82) is 0 Å². The van der Waals surface area contributed by atoms with Crippen molar-refractivity contribution in [3.63, 3.8) is 0 Å². The summed E-state index contributed by atoms with van der Waals surface area (Å²) in [5.74, 6) is 0. The molecular formula is C52H36N2O. The molecular weight excluding hydrogens is 669 g/mol. The number of furan rings is 1. The number of hydrogen-bond acceptors (Lipinski definition) is 3. The van der Waals surface area contributed by atoms with E-state index >= 15 is 0 Å². The fraction of sp³-hybridized carbons (Fsp3) is 0. The van der Waals surface area contributed by atoms with E-state index in [-0.39, 0.29) is 0 Å². The second-order valence-electron chi connectivity index (χ2n) is 13.8.